The number of rotatable bonds is 3. The van der Waals surface area contributed by atoms with E-state index in [1.54, 1.807) is 0 Å². The molecule has 1 heterocycles. The van der Waals surface area contributed by atoms with E-state index in [2.05, 4.69) is 10.1 Å². The van der Waals surface area contributed by atoms with Crippen molar-refractivity contribution in [2.24, 2.45) is 0 Å². The van der Waals surface area contributed by atoms with Crippen molar-refractivity contribution in [1.82, 2.24) is 5.32 Å². The Morgan fingerprint density at radius 3 is 2.40 bits per heavy atom. The van der Waals surface area contributed by atoms with Crippen LogP contribution >= 0.6 is 0 Å². The number of carbonyl (C=O) groups excluding carboxylic acids is 1. The molecule has 0 aromatic rings. The van der Waals surface area contributed by atoms with Crippen LogP contribution in [0.2, 0.25) is 0 Å². The topological polar surface area (TPSA) is 67.8 Å². The highest BCUT2D eigenvalue weighted by atomic mass is 16.5. The predicted molar refractivity (Wildman–Crippen MR) is 56.6 cm³/mol. The van der Waals surface area contributed by atoms with Gasteiger partial charge in [-0.25, -0.2) is 4.79 Å². The number of ether oxygens (including phenoxy) is 2. The molecular weight excluding hydrogens is 198 g/mol. The van der Waals surface area contributed by atoms with E-state index >= 15 is 0 Å². The quantitative estimate of drug-likeness (QED) is 0.650. The second-order valence-electron chi connectivity index (χ2n) is 3.21. The van der Waals surface area contributed by atoms with Gasteiger partial charge in [-0.1, -0.05) is 6.92 Å². The molecule has 0 radical (unpaired) electrons. The molecule has 2 N–H and O–H groups in total. The lowest BCUT2D eigenvalue weighted by atomic mass is 10.4. The maximum Gasteiger partial charge on any atom is 0.334 e. The van der Waals surface area contributed by atoms with Gasteiger partial charge < -0.3 is 19.9 Å². The molecule has 0 spiro atoms. The molecule has 0 aromatic heterocycles. The van der Waals surface area contributed by atoms with Crippen LogP contribution in [-0.4, -0.2) is 50.1 Å². The van der Waals surface area contributed by atoms with Crippen LogP contribution in [0.3, 0.4) is 0 Å². The molecule has 0 saturated carbocycles. The van der Waals surface area contributed by atoms with Crippen LogP contribution < -0.4 is 5.32 Å². The first-order chi connectivity index (χ1) is 7.18. The number of hydrogen-bond acceptors (Lipinski definition) is 5. The minimum atomic E-state index is -0.989. The summed E-state index contributed by atoms with van der Waals surface area (Å²) in [5, 5.41) is 11.7. The zero-order chi connectivity index (χ0) is 11.5. The summed E-state index contributed by atoms with van der Waals surface area (Å²) in [4.78, 5) is 10.4. The first kappa shape index (κ1) is 14.3. The van der Waals surface area contributed by atoms with Gasteiger partial charge in [-0.05, 0) is 13.3 Å². The van der Waals surface area contributed by atoms with E-state index in [-0.39, 0.29) is 0 Å². The molecule has 0 aliphatic carbocycles. The highest BCUT2D eigenvalue weighted by molar-refractivity contribution is 5.73. The summed E-state index contributed by atoms with van der Waals surface area (Å²) in [6.07, 6.45) is -0.199. The number of aliphatic hydroxyl groups excluding tert-OH is 1. The van der Waals surface area contributed by atoms with Gasteiger partial charge >= 0.3 is 5.97 Å². The maximum absolute atomic E-state index is 10.4. The fraction of sp³-hybridized carbons (Fsp3) is 0.900. The monoisotopic (exact) mass is 219 g/mol. The summed E-state index contributed by atoms with van der Waals surface area (Å²) in [6, 6.07) is 0. The van der Waals surface area contributed by atoms with Crippen molar-refractivity contribution in [2.45, 2.75) is 26.4 Å². The molecule has 1 unspecified atom stereocenters. The maximum atomic E-state index is 10.4. The van der Waals surface area contributed by atoms with Crippen molar-refractivity contribution in [1.29, 1.82) is 0 Å². The Morgan fingerprint density at radius 2 is 2.13 bits per heavy atom. The van der Waals surface area contributed by atoms with Gasteiger partial charge in [-0.15, -0.1) is 0 Å². The average molecular weight is 219 g/mol. The molecule has 1 rings (SSSR count). The first-order valence-electron chi connectivity index (χ1n) is 5.31. The van der Waals surface area contributed by atoms with Crippen molar-refractivity contribution in [2.75, 3.05) is 32.9 Å². The molecule has 1 atom stereocenters. The highest BCUT2D eigenvalue weighted by Gasteiger charge is 2.07. The van der Waals surface area contributed by atoms with Crippen LogP contribution in [0.1, 0.15) is 20.3 Å². The molecule has 0 bridgehead atoms. The fourth-order valence-corrected chi connectivity index (χ4v) is 0.839. The number of carbonyl (C=O) groups is 1. The van der Waals surface area contributed by atoms with Gasteiger partial charge in [0.25, 0.3) is 0 Å². The van der Waals surface area contributed by atoms with Gasteiger partial charge in [0.05, 0.1) is 19.8 Å². The van der Waals surface area contributed by atoms with Crippen LogP contribution in [0, 0.1) is 0 Å². The smallest absolute Gasteiger partial charge is 0.334 e. The summed E-state index contributed by atoms with van der Waals surface area (Å²) in [7, 11) is 0. The predicted octanol–water partition coefficient (Wildman–Crippen LogP) is -0.0734. The molecule has 90 valence electrons. The Labute approximate surface area is 90.8 Å². The molecule has 1 aliphatic rings. The minimum Gasteiger partial charge on any atom is -0.464 e. The van der Waals surface area contributed by atoms with Gasteiger partial charge in [0, 0.05) is 13.1 Å². The average Bonchev–Trinajstić information content (AvgIpc) is 2.29. The molecule has 1 aliphatic heterocycles. The van der Waals surface area contributed by atoms with Gasteiger partial charge in [0.15, 0.2) is 0 Å². The normalized spacial score (nSPS) is 17.3. The number of aliphatic hydroxyl groups is 1. The van der Waals surface area contributed by atoms with Gasteiger partial charge in [-0.3, -0.25) is 0 Å². The third kappa shape index (κ3) is 9.65. The SMILES string of the molecule is C1COCCN1.CCCOC(=O)C(C)O. The molecule has 5 nitrogen and oxygen atoms in total. The molecule has 15 heavy (non-hydrogen) atoms. The van der Waals surface area contributed by atoms with Gasteiger partial charge in [0.1, 0.15) is 6.10 Å². The summed E-state index contributed by atoms with van der Waals surface area (Å²) >= 11 is 0. The zero-order valence-corrected chi connectivity index (χ0v) is 9.49. The Kier molecular flexibility index (Phi) is 9.46. The molecule has 0 amide bonds. The van der Waals surface area contributed by atoms with E-state index in [0.717, 1.165) is 32.7 Å². The second-order valence-corrected chi connectivity index (χ2v) is 3.21. The largest absolute Gasteiger partial charge is 0.464 e. The van der Waals surface area contributed by atoms with E-state index in [0.29, 0.717) is 6.61 Å². The van der Waals surface area contributed by atoms with Crippen LogP contribution in [0.4, 0.5) is 0 Å². The molecule has 1 fully saturated rings. The Balaban J connectivity index is 0.000000280. The van der Waals surface area contributed by atoms with Crippen LogP contribution in [0.5, 0.6) is 0 Å². The van der Waals surface area contributed by atoms with Crippen LogP contribution in [0.25, 0.3) is 0 Å². The number of hydrogen-bond donors (Lipinski definition) is 2. The lowest BCUT2D eigenvalue weighted by Crippen LogP contribution is -2.30. The van der Waals surface area contributed by atoms with E-state index in [9.17, 15) is 4.79 Å². The molecular formula is C10H21NO4. The molecule has 5 heteroatoms. The van der Waals surface area contributed by atoms with Gasteiger partial charge in [-0.2, -0.15) is 0 Å². The van der Waals surface area contributed by atoms with Crippen LogP contribution in [0.15, 0.2) is 0 Å². The molecule has 0 aromatic carbocycles. The van der Waals surface area contributed by atoms with E-state index in [1.807, 2.05) is 6.92 Å². The lowest BCUT2D eigenvalue weighted by molar-refractivity contribution is -0.152. The summed E-state index contributed by atoms with van der Waals surface area (Å²) in [5.41, 5.74) is 0. The third-order valence-corrected chi connectivity index (χ3v) is 1.64. The summed E-state index contributed by atoms with van der Waals surface area (Å²) in [6.45, 7) is 7.51. The van der Waals surface area contributed by atoms with E-state index in [1.165, 1.54) is 6.92 Å². The number of nitrogens with one attached hydrogen (secondary N) is 1. The molecule has 1 saturated heterocycles. The van der Waals surface area contributed by atoms with Crippen molar-refractivity contribution >= 4 is 5.97 Å². The Hall–Kier alpha value is -0.650. The minimum absolute atomic E-state index is 0.393. The highest BCUT2D eigenvalue weighted by Crippen LogP contribution is 1.87. The fourth-order valence-electron chi connectivity index (χ4n) is 0.839. The van der Waals surface area contributed by atoms with Crippen LogP contribution in [-0.2, 0) is 14.3 Å². The standard InChI is InChI=1S/C6H12O3.C4H9NO/c1-3-4-9-6(8)5(2)7;1-3-6-4-2-5-1/h5,7H,3-4H2,1-2H3;5H,1-4H2. The Bertz CT molecular complexity index is 146. The van der Waals surface area contributed by atoms with Crippen molar-refractivity contribution in [3.8, 4) is 0 Å². The summed E-state index contributed by atoms with van der Waals surface area (Å²) < 4.78 is 9.57. The zero-order valence-electron chi connectivity index (χ0n) is 9.49. The lowest BCUT2D eigenvalue weighted by Gasteiger charge is -2.10. The Morgan fingerprint density at radius 1 is 1.53 bits per heavy atom. The van der Waals surface area contributed by atoms with Gasteiger partial charge in [0.2, 0.25) is 0 Å². The van der Waals surface area contributed by atoms with Crippen molar-refractivity contribution in [3.05, 3.63) is 0 Å². The number of esters is 1. The van der Waals surface area contributed by atoms with Crippen molar-refractivity contribution < 1.29 is 19.4 Å². The second kappa shape index (κ2) is 9.89. The number of morpholine rings is 1. The van der Waals surface area contributed by atoms with Crippen molar-refractivity contribution in [3.63, 3.8) is 0 Å². The summed E-state index contributed by atoms with van der Waals surface area (Å²) in [5.74, 6) is -0.545. The van der Waals surface area contributed by atoms with E-state index in [4.69, 9.17) is 9.84 Å². The van der Waals surface area contributed by atoms with E-state index < -0.39 is 12.1 Å². The first-order valence-corrected chi connectivity index (χ1v) is 5.31. The third-order valence-electron chi connectivity index (χ3n) is 1.64.